The predicted octanol–water partition coefficient (Wildman–Crippen LogP) is 3.38. The van der Waals surface area contributed by atoms with E-state index in [1.165, 1.54) is 25.7 Å². The second-order valence-electron chi connectivity index (χ2n) is 3.76. The first-order valence-corrected chi connectivity index (χ1v) is 6.80. The van der Waals surface area contributed by atoms with Crippen molar-refractivity contribution in [2.45, 2.75) is 58.8 Å². The lowest BCUT2D eigenvalue weighted by molar-refractivity contribution is 0.282. The van der Waals surface area contributed by atoms with Gasteiger partial charge in [0.05, 0.1) is 0 Å². The number of hydrogen-bond acceptors (Lipinski definition) is 3. The fraction of sp³-hybridized carbons (Fsp3) is 0.714. The summed E-state index contributed by atoms with van der Waals surface area (Å²) < 4.78 is 0. The zero-order valence-electron chi connectivity index (χ0n) is 11.2. The van der Waals surface area contributed by atoms with Crippen LogP contribution in [0, 0.1) is 0 Å². The highest BCUT2D eigenvalue weighted by molar-refractivity contribution is 4.88. The lowest BCUT2D eigenvalue weighted by Gasteiger charge is -2.00. The van der Waals surface area contributed by atoms with Gasteiger partial charge in [0.1, 0.15) is 5.82 Å². The summed E-state index contributed by atoms with van der Waals surface area (Å²) in [6.07, 6.45) is 11.6. The molecule has 0 fully saturated rings. The molecule has 1 heterocycles. The Labute approximate surface area is 105 Å². The van der Waals surface area contributed by atoms with Crippen molar-refractivity contribution in [3.05, 3.63) is 24.3 Å². The Balaban J connectivity index is 0.00000121. The van der Waals surface area contributed by atoms with Gasteiger partial charge >= 0.3 is 0 Å². The third kappa shape index (κ3) is 9.94. The third-order valence-electron chi connectivity index (χ3n) is 2.43. The minimum atomic E-state index is 0.331. The zero-order valence-corrected chi connectivity index (χ0v) is 11.2. The molecule has 1 N–H and O–H groups in total. The predicted molar refractivity (Wildman–Crippen MR) is 71.9 cm³/mol. The summed E-state index contributed by atoms with van der Waals surface area (Å²) >= 11 is 0. The number of aryl methyl sites for hydroxylation is 1. The largest absolute Gasteiger partial charge is 0.396 e. The first kappa shape index (κ1) is 16.0. The maximum absolute atomic E-state index is 8.60. The van der Waals surface area contributed by atoms with Gasteiger partial charge in [-0.15, -0.1) is 0 Å². The lowest BCUT2D eigenvalue weighted by Crippen LogP contribution is -1.93. The molecule has 0 aliphatic carbocycles. The molecule has 0 aromatic carbocycles. The van der Waals surface area contributed by atoms with E-state index in [1.54, 1.807) is 12.4 Å². The van der Waals surface area contributed by atoms with Gasteiger partial charge in [-0.25, -0.2) is 9.97 Å². The molecule has 17 heavy (non-hydrogen) atoms. The van der Waals surface area contributed by atoms with E-state index in [-0.39, 0.29) is 0 Å². The minimum Gasteiger partial charge on any atom is -0.396 e. The van der Waals surface area contributed by atoms with Crippen LogP contribution < -0.4 is 0 Å². The monoisotopic (exact) mass is 238 g/mol. The number of rotatable bonds is 8. The van der Waals surface area contributed by atoms with E-state index in [0.717, 1.165) is 25.1 Å². The van der Waals surface area contributed by atoms with Crippen LogP contribution in [0.25, 0.3) is 0 Å². The van der Waals surface area contributed by atoms with E-state index in [1.807, 2.05) is 19.9 Å². The van der Waals surface area contributed by atoms with Crippen molar-refractivity contribution >= 4 is 0 Å². The van der Waals surface area contributed by atoms with Crippen LogP contribution >= 0.6 is 0 Å². The first-order valence-electron chi connectivity index (χ1n) is 6.80. The van der Waals surface area contributed by atoms with E-state index in [4.69, 9.17) is 5.11 Å². The second-order valence-corrected chi connectivity index (χ2v) is 3.76. The van der Waals surface area contributed by atoms with Gasteiger partial charge in [0.15, 0.2) is 0 Å². The Bertz CT molecular complexity index is 239. The van der Waals surface area contributed by atoms with Crippen molar-refractivity contribution in [2.75, 3.05) is 6.61 Å². The number of unbranched alkanes of at least 4 members (excludes halogenated alkanes) is 5. The summed E-state index contributed by atoms with van der Waals surface area (Å²) in [4.78, 5) is 8.36. The topological polar surface area (TPSA) is 46.0 Å². The maximum Gasteiger partial charge on any atom is 0.128 e. The van der Waals surface area contributed by atoms with E-state index in [0.29, 0.717) is 6.61 Å². The average molecular weight is 238 g/mol. The molecular weight excluding hydrogens is 212 g/mol. The van der Waals surface area contributed by atoms with Crippen molar-refractivity contribution in [2.24, 2.45) is 0 Å². The van der Waals surface area contributed by atoms with Crippen LogP contribution in [0.2, 0.25) is 0 Å². The minimum absolute atomic E-state index is 0.331. The van der Waals surface area contributed by atoms with Gasteiger partial charge in [0, 0.05) is 25.4 Å². The average Bonchev–Trinajstić information content (AvgIpc) is 2.41. The number of aromatic nitrogens is 2. The van der Waals surface area contributed by atoms with Crippen LogP contribution in [-0.4, -0.2) is 21.7 Å². The highest BCUT2D eigenvalue weighted by atomic mass is 16.2. The molecule has 1 rings (SSSR count). The van der Waals surface area contributed by atoms with Gasteiger partial charge in [-0.05, 0) is 18.9 Å². The summed E-state index contributed by atoms with van der Waals surface area (Å²) in [7, 11) is 0. The molecular formula is C14H26N2O. The van der Waals surface area contributed by atoms with E-state index in [9.17, 15) is 0 Å². The number of hydrogen-bond donors (Lipinski definition) is 1. The van der Waals surface area contributed by atoms with Crippen molar-refractivity contribution in [1.29, 1.82) is 0 Å². The van der Waals surface area contributed by atoms with E-state index >= 15 is 0 Å². The van der Waals surface area contributed by atoms with Crippen LogP contribution in [0.1, 0.15) is 58.2 Å². The van der Waals surface area contributed by atoms with Gasteiger partial charge in [-0.3, -0.25) is 0 Å². The highest BCUT2D eigenvalue weighted by Gasteiger charge is 1.95. The molecule has 0 saturated heterocycles. The molecule has 0 radical (unpaired) electrons. The normalized spacial score (nSPS) is 9.59. The standard InChI is InChI=1S/C12H20N2O.C2H6/c15-11-6-4-2-1-3-5-8-12-13-9-7-10-14-12;1-2/h7,9-10,15H,1-6,8,11H2;1-2H3. The molecule has 3 heteroatoms. The molecule has 0 amide bonds. The first-order chi connectivity index (χ1) is 8.43. The Kier molecular flexibility index (Phi) is 12.4. The van der Waals surface area contributed by atoms with Gasteiger partial charge in [0.2, 0.25) is 0 Å². The Morgan fingerprint density at radius 2 is 1.41 bits per heavy atom. The molecule has 0 aliphatic rings. The molecule has 0 spiro atoms. The smallest absolute Gasteiger partial charge is 0.128 e. The molecule has 3 nitrogen and oxygen atoms in total. The summed E-state index contributed by atoms with van der Waals surface area (Å²) in [5, 5.41) is 8.60. The molecule has 0 atom stereocenters. The molecule has 0 aliphatic heterocycles. The maximum atomic E-state index is 8.60. The molecule has 0 bridgehead atoms. The van der Waals surface area contributed by atoms with Crippen LogP contribution in [-0.2, 0) is 6.42 Å². The fourth-order valence-electron chi connectivity index (χ4n) is 1.56. The molecule has 0 saturated carbocycles. The summed E-state index contributed by atoms with van der Waals surface area (Å²) in [6, 6.07) is 1.85. The van der Waals surface area contributed by atoms with Crippen LogP contribution in [0.3, 0.4) is 0 Å². The van der Waals surface area contributed by atoms with Crippen molar-refractivity contribution in [1.82, 2.24) is 9.97 Å². The van der Waals surface area contributed by atoms with Crippen molar-refractivity contribution in [3.8, 4) is 0 Å². The SMILES string of the molecule is CC.OCCCCCCCCc1ncccn1. The Morgan fingerprint density at radius 1 is 0.882 bits per heavy atom. The molecule has 0 unspecified atom stereocenters. The Hall–Kier alpha value is -0.960. The third-order valence-corrected chi connectivity index (χ3v) is 2.43. The molecule has 1 aromatic rings. The van der Waals surface area contributed by atoms with Crippen LogP contribution in [0.4, 0.5) is 0 Å². The number of aliphatic hydroxyl groups excluding tert-OH is 1. The zero-order chi connectivity index (χ0) is 12.8. The fourth-order valence-corrected chi connectivity index (χ4v) is 1.56. The van der Waals surface area contributed by atoms with Crippen LogP contribution in [0.15, 0.2) is 18.5 Å². The van der Waals surface area contributed by atoms with Gasteiger partial charge in [-0.1, -0.05) is 39.5 Å². The van der Waals surface area contributed by atoms with Gasteiger partial charge < -0.3 is 5.11 Å². The summed E-state index contributed by atoms with van der Waals surface area (Å²) in [6.45, 7) is 4.33. The van der Waals surface area contributed by atoms with Crippen molar-refractivity contribution < 1.29 is 5.11 Å². The second kappa shape index (κ2) is 13.1. The highest BCUT2D eigenvalue weighted by Crippen LogP contribution is 2.07. The summed E-state index contributed by atoms with van der Waals surface area (Å²) in [5.74, 6) is 0.952. The van der Waals surface area contributed by atoms with Crippen LogP contribution in [0.5, 0.6) is 0 Å². The van der Waals surface area contributed by atoms with Gasteiger partial charge in [-0.2, -0.15) is 0 Å². The lowest BCUT2D eigenvalue weighted by atomic mass is 10.1. The molecule has 1 aromatic heterocycles. The van der Waals surface area contributed by atoms with Gasteiger partial charge in [0.25, 0.3) is 0 Å². The Morgan fingerprint density at radius 3 is 2.00 bits per heavy atom. The quantitative estimate of drug-likeness (QED) is 0.706. The van der Waals surface area contributed by atoms with E-state index in [2.05, 4.69) is 9.97 Å². The van der Waals surface area contributed by atoms with Crippen molar-refractivity contribution in [3.63, 3.8) is 0 Å². The van der Waals surface area contributed by atoms with E-state index < -0.39 is 0 Å². The summed E-state index contributed by atoms with van der Waals surface area (Å²) in [5.41, 5.74) is 0. The number of nitrogens with zero attached hydrogens (tertiary/aromatic N) is 2. The number of aliphatic hydroxyl groups is 1. The molecule has 98 valence electrons.